The van der Waals surface area contributed by atoms with Crippen LogP contribution < -0.4 is 0 Å². The van der Waals surface area contributed by atoms with E-state index in [1.807, 2.05) is 16.7 Å². The summed E-state index contributed by atoms with van der Waals surface area (Å²) in [5.41, 5.74) is 0. The minimum Gasteiger partial charge on any atom is -0.336 e. The highest BCUT2D eigenvalue weighted by molar-refractivity contribution is 7.99. The molecule has 0 aromatic carbocycles. The number of amides is 1. The maximum atomic E-state index is 12.1. The van der Waals surface area contributed by atoms with E-state index in [1.165, 1.54) is 18.3 Å². The summed E-state index contributed by atoms with van der Waals surface area (Å²) >= 11 is 3.17. The van der Waals surface area contributed by atoms with Crippen molar-refractivity contribution in [2.24, 2.45) is 0 Å². The fraction of sp³-hybridized carbons (Fsp3) is 0.455. The van der Waals surface area contributed by atoms with E-state index >= 15 is 0 Å². The summed E-state index contributed by atoms with van der Waals surface area (Å²) in [6.07, 6.45) is 0. The third-order valence-corrected chi connectivity index (χ3v) is 4.58. The van der Waals surface area contributed by atoms with Gasteiger partial charge in [-0.25, -0.2) is 0 Å². The highest BCUT2D eigenvalue weighted by atomic mass is 32.2. The minimum absolute atomic E-state index is 0.0262. The van der Waals surface area contributed by atoms with Crippen LogP contribution in [0.1, 0.15) is 26.3 Å². The molecule has 1 aromatic heterocycles. The van der Waals surface area contributed by atoms with E-state index in [0.717, 1.165) is 24.6 Å². The number of carbonyl (C=O) groups excluding carboxylic acids is 2. The molecule has 0 aliphatic carbocycles. The Hall–Kier alpha value is -0.810. The molecular formula is C11H13NO2S2. The molecule has 0 unspecified atom stereocenters. The van der Waals surface area contributed by atoms with Gasteiger partial charge in [0.15, 0.2) is 5.78 Å². The average Bonchev–Trinajstić information content (AvgIpc) is 2.78. The fourth-order valence-corrected chi connectivity index (χ4v) is 3.34. The smallest absolute Gasteiger partial charge is 0.263 e. The van der Waals surface area contributed by atoms with Gasteiger partial charge in [0.25, 0.3) is 5.91 Å². The Morgan fingerprint density at radius 1 is 1.19 bits per heavy atom. The van der Waals surface area contributed by atoms with E-state index in [9.17, 15) is 9.59 Å². The van der Waals surface area contributed by atoms with Crippen molar-refractivity contribution < 1.29 is 9.59 Å². The Morgan fingerprint density at radius 2 is 1.81 bits per heavy atom. The van der Waals surface area contributed by atoms with Gasteiger partial charge in [-0.3, -0.25) is 9.59 Å². The Labute approximate surface area is 103 Å². The van der Waals surface area contributed by atoms with Crippen molar-refractivity contribution in [2.75, 3.05) is 24.6 Å². The van der Waals surface area contributed by atoms with Crippen LogP contribution in [0.15, 0.2) is 12.1 Å². The van der Waals surface area contributed by atoms with E-state index < -0.39 is 0 Å². The molecule has 0 saturated carbocycles. The van der Waals surface area contributed by atoms with Crippen molar-refractivity contribution in [1.82, 2.24) is 4.90 Å². The maximum Gasteiger partial charge on any atom is 0.263 e. The van der Waals surface area contributed by atoms with Crippen molar-refractivity contribution in [3.05, 3.63) is 21.9 Å². The van der Waals surface area contributed by atoms with E-state index in [0.29, 0.717) is 9.75 Å². The fourth-order valence-electron chi connectivity index (χ4n) is 1.56. The zero-order valence-electron chi connectivity index (χ0n) is 9.06. The predicted molar refractivity (Wildman–Crippen MR) is 67.6 cm³/mol. The summed E-state index contributed by atoms with van der Waals surface area (Å²) < 4.78 is 0. The van der Waals surface area contributed by atoms with Crippen LogP contribution in [-0.2, 0) is 0 Å². The molecule has 1 saturated heterocycles. The number of hydrogen-bond acceptors (Lipinski definition) is 4. The molecule has 1 fully saturated rings. The number of nitrogens with zero attached hydrogens (tertiary/aromatic N) is 1. The quantitative estimate of drug-likeness (QED) is 0.760. The minimum atomic E-state index is 0.0262. The monoisotopic (exact) mass is 255 g/mol. The number of Topliss-reactive ketones (excluding diaryl/α,β-unsaturated/α-hetero) is 1. The molecule has 1 amide bonds. The molecule has 86 valence electrons. The summed E-state index contributed by atoms with van der Waals surface area (Å²) in [5, 5.41) is 0. The number of thioether (sulfide) groups is 1. The normalized spacial score (nSPS) is 16.2. The average molecular weight is 255 g/mol. The second-order valence-corrected chi connectivity index (χ2v) is 5.93. The van der Waals surface area contributed by atoms with Gasteiger partial charge in [-0.05, 0) is 19.1 Å². The van der Waals surface area contributed by atoms with Gasteiger partial charge in [-0.1, -0.05) is 0 Å². The molecule has 3 nitrogen and oxygen atoms in total. The summed E-state index contributed by atoms with van der Waals surface area (Å²) in [6, 6.07) is 3.49. The first-order chi connectivity index (χ1) is 7.68. The van der Waals surface area contributed by atoms with E-state index in [1.54, 1.807) is 12.1 Å². The van der Waals surface area contributed by atoms with Crippen LogP contribution in [0.3, 0.4) is 0 Å². The Balaban J connectivity index is 2.10. The van der Waals surface area contributed by atoms with Crippen LogP contribution in [-0.4, -0.2) is 41.2 Å². The molecule has 2 rings (SSSR count). The third-order valence-electron chi connectivity index (χ3n) is 2.46. The van der Waals surface area contributed by atoms with Crippen LogP contribution >= 0.6 is 23.1 Å². The second-order valence-electron chi connectivity index (χ2n) is 3.62. The Morgan fingerprint density at radius 3 is 2.38 bits per heavy atom. The zero-order valence-corrected chi connectivity index (χ0v) is 10.7. The van der Waals surface area contributed by atoms with Gasteiger partial charge in [0, 0.05) is 24.6 Å². The van der Waals surface area contributed by atoms with Crippen LogP contribution in [0, 0.1) is 0 Å². The molecule has 1 aliphatic rings. The van der Waals surface area contributed by atoms with Gasteiger partial charge < -0.3 is 4.90 Å². The largest absolute Gasteiger partial charge is 0.336 e. The van der Waals surface area contributed by atoms with Crippen LogP contribution in [0.4, 0.5) is 0 Å². The second kappa shape index (κ2) is 5.01. The Kier molecular flexibility index (Phi) is 3.66. The summed E-state index contributed by atoms with van der Waals surface area (Å²) in [7, 11) is 0. The molecule has 1 aliphatic heterocycles. The van der Waals surface area contributed by atoms with E-state index in [4.69, 9.17) is 0 Å². The van der Waals surface area contributed by atoms with E-state index in [2.05, 4.69) is 0 Å². The first-order valence-electron chi connectivity index (χ1n) is 5.16. The van der Waals surface area contributed by atoms with Crippen molar-refractivity contribution in [2.45, 2.75) is 6.92 Å². The third kappa shape index (κ3) is 2.47. The molecule has 1 aromatic rings. The predicted octanol–water partition coefficient (Wildman–Crippen LogP) is 2.14. The number of carbonyl (C=O) groups is 2. The molecule has 0 N–H and O–H groups in total. The van der Waals surface area contributed by atoms with Gasteiger partial charge in [0.05, 0.1) is 9.75 Å². The summed E-state index contributed by atoms with van der Waals surface area (Å²) in [6.45, 7) is 3.16. The van der Waals surface area contributed by atoms with E-state index in [-0.39, 0.29) is 11.7 Å². The van der Waals surface area contributed by atoms with Crippen molar-refractivity contribution in [3.63, 3.8) is 0 Å². The zero-order chi connectivity index (χ0) is 11.5. The van der Waals surface area contributed by atoms with Crippen molar-refractivity contribution >= 4 is 34.8 Å². The maximum absolute atomic E-state index is 12.1. The van der Waals surface area contributed by atoms with Gasteiger partial charge >= 0.3 is 0 Å². The molecular weight excluding hydrogens is 242 g/mol. The lowest BCUT2D eigenvalue weighted by atomic mass is 10.3. The first-order valence-corrected chi connectivity index (χ1v) is 7.13. The standard InChI is InChI=1S/C11H13NO2S2/c1-8(13)9-2-3-10(16-9)11(14)12-4-6-15-7-5-12/h2-3H,4-7H2,1H3. The number of rotatable bonds is 2. The lowest BCUT2D eigenvalue weighted by Crippen LogP contribution is -2.37. The SMILES string of the molecule is CC(=O)c1ccc(C(=O)N2CCSCC2)s1. The number of thiophene rings is 1. The van der Waals surface area contributed by atoms with Crippen LogP contribution in [0.5, 0.6) is 0 Å². The summed E-state index contributed by atoms with van der Waals surface area (Å²) in [4.78, 5) is 26.4. The van der Waals surface area contributed by atoms with Crippen molar-refractivity contribution in [1.29, 1.82) is 0 Å². The molecule has 16 heavy (non-hydrogen) atoms. The number of ketones is 1. The van der Waals surface area contributed by atoms with Crippen LogP contribution in [0.25, 0.3) is 0 Å². The highest BCUT2D eigenvalue weighted by Crippen LogP contribution is 2.20. The van der Waals surface area contributed by atoms with Gasteiger partial charge in [0.2, 0.25) is 0 Å². The topological polar surface area (TPSA) is 37.4 Å². The number of hydrogen-bond donors (Lipinski definition) is 0. The first kappa shape index (κ1) is 11.7. The molecule has 0 spiro atoms. The Bertz CT molecular complexity index is 408. The van der Waals surface area contributed by atoms with Crippen molar-refractivity contribution in [3.8, 4) is 0 Å². The molecule has 0 bridgehead atoms. The van der Waals surface area contributed by atoms with Gasteiger partial charge in [0.1, 0.15) is 0 Å². The highest BCUT2D eigenvalue weighted by Gasteiger charge is 2.20. The summed E-state index contributed by atoms with van der Waals surface area (Å²) in [5.74, 6) is 2.11. The molecule has 5 heteroatoms. The molecule has 0 radical (unpaired) electrons. The van der Waals surface area contributed by atoms with Gasteiger partial charge in [-0.15, -0.1) is 11.3 Å². The molecule has 0 atom stereocenters. The molecule has 2 heterocycles. The lowest BCUT2D eigenvalue weighted by molar-refractivity contribution is 0.0777. The van der Waals surface area contributed by atoms with Crippen LogP contribution in [0.2, 0.25) is 0 Å². The lowest BCUT2D eigenvalue weighted by Gasteiger charge is -2.25. The van der Waals surface area contributed by atoms with Gasteiger partial charge in [-0.2, -0.15) is 11.8 Å².